The van der Waals surface area contributed by atoms with Crippen LogP contribution in [0.4, 0.5) is 13.2 Å². The van der Waals surface area contributed by atoms with Crippen molar-refractivity contribution in [2.75, 3.05) is 20.0 Å². The molecule has 0 N–H and O–H groups in total. The van der Waals surface area contributed by atoms with Gasteiger partial charge in [0, 0.05) is 11.4 Å². The van der Waals surface area contributed by atoms with Crippen LogP contribution in [0.15, 0.2) is 47.4 Å². The zero-order valence-electron chi connectivity index (χ0n) is 15.2. The highest BCUT2D eigenvalue weighted by molar-refractivity contribution is 8.00. The summed E-state index contributed by atoms with van der Waals surface area (Å²) in [5, 5.41) is -0.303. The molecule has 1 aliphatic rings. The van der Waals surface area contributed by atoms with Gasteiger partial charge in [-0.05, 0) is 41.6 Å². The maximum absolute atomic E-state index is 12.5. The van der Waals surface area contributed by atoms with Crippen LogP contribution in [-0.4, -0.2) is 36.3 Å². The summed E-state index contributed by atoms with van der Waals surface area (Å²) in [5.74, 6) is 1.51. The summed E-state index contributed by atoms with van der Waals surface area (Å²) in [6.45, 7) is 0.286. The summed E-state index contributed by atoms with van der Waals surface area (Å²) < 4.78 is 48.4. The molecule has 0 radical (unpaired) electrons. The minimum absolute atomic E-state index is 0.0447. The third kappa shape index (κ3) is 4.70. The van der Waals surface area contributed by atoms with E-state index in [9.17, 15) is 18.0 Å². The van der Waals surface area contributed by atoms with Gasteiger partial charge in [-0.1, -0.05) is 18.2 Å². The number of carbonyl (C=O) groups excluding carboxylic acids is 1. The Kier molecular flexibility index (Phi) is 6.34. The van der Waals surface area contributed by atoms with Crippen LogP contribution in [0.25, 0.3) is 0 Å². The smallest absolute Gasteiger partial charge is 0.446 e. The van der Waals surface area contributed by atoms with Crippen LogP contribution >= 0.6 is 23.5 Å². The van der Waals surface area contributed by atoms with Gasteiger partial charge in [-0.15, -0.1) is 11.8 Å². The summed E-state index contributed by atoms with van der Waals surface area (Å²) in [7, 11) is 3.11. The first-order valence-corrected chi connectivity index (χ1v) is 10.2. The molecule has 1 fully saturated rings. The van der Waals surface area contributed by atoms with E-state index in [1.165, 1.54) is 23.9 Å². The van der Waals surface area contributed by atoms with Gasteiger partial charge in [0.05, 0.1) is 25.5 Å². The molecule has 1 amide bonds. The van der Waals surface area contributed by atoms with Gasteiger partial charge in [-0.3, -0.25) is 4.79 Å². The van der Waals surface area contributed by atoms with E-state index in [-0.39, 0.29) is 34.5 Å². The van der Waals surface area contributed by atoms with E-state index in [1.807, 2.05) is 18.2 Å². The quantitative estimate of drug-likeness (QED) is 0.598. The molecule has 2 aromatic carbocycles. The fourth-order valence-corrected chi connectivity index (χ4v) is 4.76. The lowest BCUT2D eigenvalue weighted by Crippen LogP contribution is -2.28. The number of amides is 1. The SMILES string of the molecule is COc1cccc(OC)c1C1SCC(=O)N1Cc1ccc(SC(F)(F)F)cc1. The molecule has 1 atom stereocenters. The molecule has 0 aromatic heterocycles. The molecule has 0 spiro atoms. The molecule has 1 saturated heterocycles. The Labute approximate surface area is 169 Å². The standard InChI is InChI=1S/C19H18F3NO3S2/c1-25-14-4-3-5-15(26-2)17(14)18-23(16(24)11-27-18)10-12-6-8-13(9-7-12)28-19(20,21)22/h3-9,18H,10-11H2,1-2H3. The Morgan fingerprint density at radius 2 is 1.71 bits per heavy atom. The molecule has 0 aliphatic carbocycles. The lowest BCUT2D eigenvalue weighted by molar-refractivity contribution is -0.128. The van der Waals surface area contributed by atoms with Crippen molar-refractivity contribution in [2.24, 2.45) is 0 Å². The minimum atomic E-state index is -4.32. The van der Waals surface area contributed by atoms with Gasteiger partial charge in [0.1, 0.15) is 16.9 Å². The Morgan fingerprint density at radius 1 is 1.11 bits per heavy atom. The van der Waals surface area contributed by atoms with Crippen LogP contribution in [0, 0.1) is 0 Å². The highest BCUT2D eigenvalue weighted by Crippen LogP contribution is 2.47. The molecule has 28 heavy (non-hydrogen) atoms. The summed E-state index contributed by atoms with van der Waals surface area (Å²) >= 11 is 1.31. The molecule has 0 bridgehead atoms. The average molecular weight is 429 g/mol. The van der Waals surface area contributed by atoms with Crippen molar-refractivity contribution < 1.29 is 27.4 Å². The third-order valence-corrected chi connectivity index (χ3v) is 6.15. The zero-order chi connectivity index (χ0) is 20.3. The molecule has 3 rings (SSSR count). The summed E-state index contributed by atoms with van der Waals surface area (Å²) in [6.07, 6.45) is 0. The summed E-state index contributed by atoms with van der Waals surface area (Å²) in [5.41, 5.74) is -2.80. The minimum Gasteiger partial charge on any atom is -0.496 e. The normalized spacial score (nSPS) is 17.1. The lowest BCUT2D eigenvalue weighted by atomic mass is 10.1. The number of alkyl halides is 3. The van der Waals surface area contributed by atoms with Gasteiger partial charge in [0.15, 0.2) is 0 Å². The van der Waals surface area contributed by atoms with Gasteiger partial charge in [0.2, 0.25) is 5.91 Å². The first-order chi connectivity index (χ1) is 13.3. The van der Waals surface area contributed by atoms with E-state index in [0.717, 1.165) is 11.1 Å². The Bertz CT molecular complexity index is 821. The largest absolute Gasteiger partial charge is 0.496 e. The predicted molar refractivity (Wildman–Crippen MR) is 104 cm³/mol. The Hall–Kier alpha value is -2.00. The number of hydrogen-bond acceptors (Lipinski definition) is 5. The van der Waals surface area contributed by atoms with Crippen LogP contribution in [0.2, 0.25) is 0 Å². The van der Waals surface area contributed by atoms with Crippen molar-refractivity contribution in [2.45, 2.75) is 22.3 Å². The number of benzene rings is 2. The van der Waals surface area contributed by atoms with Crippen LogP contribution in [-0.2, 0) is 11.3 Å². The maximum atomic E-state index is 12.5. The molecule has 1 aliphatic heterocycles. The fourth-order valence-electron chi connectivity index (χ4n) is 2.98. The van der Waals surface area contributed by atoms with Crippen LogP contribution in [0.5, 0.6) is 11.5 Å². The van der Waals surface area contributed by atoms with E-state index in [0.29, 0.717) is 17.3 Å². The molecular weight excluding hydrogens is 411 g/mol. The van der Waals surface area contributed by atoms with Crippen LogP contribution in [0.3, 0.4) is 0 Å². The first kappa shape index (κ1) is 20.7. The second-order valence-electron chi connectivity index (χ2n) is 5.95. The maximum Gasteiger partial charge on any atom is 0.446 e. The molecular formula is C19H18F3NO3S2. The summed E-state index contributed by atoms with van der Waals surface area (Å²) in [6, 6.07) is 11.5. The number of methoxy groups -OCH3 is 2. The second-order valence-corrected chi connectivity index (χ2v) is 8.16. The molecule has 2 aromatic rings. The van der Waals surface area contributed by atoms with Crippen molar-refractivity contribution in [3.63, 3.8) is 0 Å². The Balaban J connectivity index is 1.84. The first-order valence-electron chi connectivity index (χ1n) is 8.29. The predicted octanol–water partition coefficient (Wildman–Crippen LogP) is 5.09. The van der Waals surface area contributed by atoms with E-state index in [2.05, 4.69) is 0 Å². The number of nitrogens with zero attached hydrogens (tertiary/aromatic N) is 1. The topological polar surface area (TPSA) is 38.8 Å². The number of thioether (sulfide) groups is 2. The van der Waals surface area contributed by atoms with Gasteiger partial charge < -0.3 is 14.4 Å². The number of halogens is 3. The third-order valence-electron chi connectivity index (χ3n) is 4.19. The highest BCUT2D eigenvalue weighted by Gasteiger charge is 2.36. The van der Waals surface area contributed by atoms with Crippen molar-refractivity contribution >= 4 is 29.4 Å². The van der Waals surface area contributed by atoms with Crippen molar-refractivity contribution in [3.05, 3.63) is 53.6 Å². The van der Waals surface area contributed by atoms with Crippen LogP contribution in [0.1, 0.15) is 16.5 Å². The monoisotopic (exact) mass is 429 g/mol. The molecule has 9 heteroatoms. The molecule has 150 valence electrons. The van der Waals surface area contributed by atoms with E-state index >= 15 is 0 Å². The van der Waals surface area contributed by atoms with Gasteiger partial charge >= 0.3 is 5.51 Å². The van der Waals surface area contributed by atoms with Gasteiger partial charge in [-0.25, -0.2) is 0 Å². The molecule has 1 unspecified atom stereocenters. The Morgan fingerprint density at radius 3 is 2.25 bits per heavy atom. The van der Waals surface area contributed by atoms with Crippen LogP contribution < -0.4 is 9.47 Å². The van der Waals surface area contributed by atoms with Crippen molar-refractivity contribution in [3.8, 4) is 11.5 Å². The number of hydrogen-bond donors (Lipinski definition) is 0. The molecule has 4 nitrogen and oxygen atoms in total. The number of ether oxygens (including phenoxy) is 2. The number of rotatable bonds is 6. The van der Waals surface area contributed by atoms with Gasteiger partial charge in [0.25, 0.3) is 0 Å². The highest BCUT2D eigenvalue weighted by atomic mass is 32.2. The average Bonchev–Trinajstić information content (AvgIpc) is 3.01. The van der Waals surface area contributed by atoms with E-state index in [1.54, 1.807) is 31.3 Å². The van der Waals surface area contributed by atoms with Crippen molar-refractivity contribution in [1.29, 1.82) is 0 Å². The second kappa shape index (κ2) is 8.57. The fraction of sp³-hybridized carbons (Fsp3) is 0.316. The lowest BCUT2D eigenvalue weighted by Gasteiger charge is -2.27. The van der Waals surface area contributed by atoms with E-state index < -0.39 is 5.51 Å². The van der Waals surface area contributed by atoms with Crippen molar-refractivity contribution in [1.82, 2.24) is 4.90 Å². The summed E-state index contributed by atoms with van der Waals surface area (Å²) in [4.78, 5) is 14.3. The van der Waals surface area contributed by atoms with Gasteiger partial charge in [-0.2, -0.15) is 13.2 Å². The zero-order valence-corrected chi connectivity index (χ0v) is 16.8. The molecule has 1 heterocycles. The number of carbonyl (C=O) groups is 1. The molecule has 0 saturated carbocycles. The van der Waals surface area contributed by atoms with E-state index in [4.69, 9.17) is 9.47 Å².